The zero-order valence-electron chi connectivity index (χ0n) is 13.1. The third-order valence-corrected chi connectivity index (χ3v) is 3.38. The number of fused-ring (bicyclic) bond motifs is 1. The lowest BCUT2D eigenvalue weighted by Crippen LogP contribution is -2.30. The fraction of sp³-hybridized carbons (Fsp3) is 0.176. The molecule has 7 nitrogen and oxygen atoms in total. The second-order valence-electron chi connectivity index (χ2n) is 5.24. The molecule has 2 aromatic heterocycles. The van der Waals surface area contributed by atoms with E-state index in [0.717, 1.165) is 5.39 Å². The molecular formula is C17H15N3O4. The molecule has 1 N–H and O–H groups in total. The average Bonchev–Trinajstić information content (AvgIpc) is 2.99. The van der Waals surface area contributed by atoms with Crippen LogP contribution in [0, 0.1) is 6.92 Å². The lowest BCUT2D eigenvalue weighted by atomic mass is 10.1. The van der Waals surface area contributed by atoms with Crippen LogP contribution in [0.1, 0.15) is 23.0 Å². The van der Waals surface area contributed by atoms with Crippen molar-refractivity contribution in [3.63, 3.8) is 0 Å². The number of aromatic nitrogens is 2. The zero-order valence-corrected chi connectivity index (χ0v) is 13.1. The lowest BCUT2D eigenvalue weighted by Gasteiger charge is -2.13. The van der Waals surface area contributed by atoms with Crippen molar-refractivity contribution in [3.8, 4) is 0 Å². The van der Waals surface area contributed by atoms with E-state index >= 15 is 0 Å². The maximum absolute atomic E-state index is 12.4. The number of nitrogens with one attached hydrogen (secondary N) is 1. The van der Waals surface area contributed by atoms with E-state index in [2.05, 4.69) is 15.5 Å². The van der Waals surface area contributed by atoms with E-state index in [9.17, 15) is 9.59 Å². The maximum atomic E-state index is 12.4. The van der Waals surface area contributed by atoms with Crippen molar-refractivity contribution in [3.05, 3.63) is 53.9 Å². The van der Waals surface area contributed by atoms with Gasteiger partial charge in [0, 0.05) is 17.6 Å². The second kappa shape index (κ2) is 6.49. The van der Waals surface area contributed by atoms with Gasteiger partial charge in [0.25, 0.3) is 5.91 Å². The highest BCUT2D eigenvalue weighted by Crippen LogP contribution is 2.17. The van der Waals surface area contributed by atoms with Crippen molar-refractivity contribution in [2.75, 3.05) is 5.32 Å². The Hall–Kier alpha value is -3.22. The Morgan fingerprint density at radius 2 is 2.04 bits per heavy atom. The molecule has 0 saturated heterocycles. The number of ether oxygens (including phenoxy) is 1. The number of amides is 1. The standard InChI is InChI=1S/C17H15N3O4/c1-10-9-14(20-24-10)19-16(21)11(2)23-17(22)13-7-3-5-12-6-4-8-18-15(12)13/h3-9,11H,1-2H3,(H,19,20,21)/t11-/m0/s1. The predicted molar refractivity (Wildman–Crippen MR) is 86.5 cm³/mol. The van der Waals surface area contributed by atoms with Gasteiger partial charge in [-0.3, -0.25) is 9.78 Å². The molecule has 0 radical (unpaired) electrons. The summed E-state index contributed by atoms with van der Waals surface area (Å²) in [5, 5.41) is 7.00. The summed E-state index contributed by atoms with van der Waals surface area (Å²) in [7, 11) is 0. The highest BCUT2D eigenvalue weighted by Gasteiger charge is 2.21. The molecule has 2 heterocycles. The van der Waals surface area contributed by atoms with Crippen LogP contribution in [-0.4, -0.2) is 28.1 Å². The summed E-state index contributed by atoms with van der Waals surface area (Å²) < 4.78 is 10.1. The first kappa shape index (κ1) is 15.7. The minimum absolute atomic E-state index is 0.271. The van der Waals surface area contributed by atoms with Gasteiger partial charge in [0.1, 0.15) is 5.76 Å². The number of pyridine rings is 1. The third kappa shape index (κ3) is 3.24. The Kier molecular flexibility index (Phi) is 4.24. The summed E-state index contributed by atoms with van der Waals surface area (Å²) in [5.41, 5.74) is 0.842. The number of benzene rings is 1. The summed E-state index contributed by atoms with van der Waals surface area (Å²) in [6, 6.07) is 10.4. The van der Waals surface area contributed by atoms with E-state index in [1.807, 2.05) is 12.1 Å². The Bertz CT molecular complexity index is 898. The van der Waals surface area contributed by atoms with Crippen molar-refractivity contribution < 1.29 is 18.8 Å². The smallest absolute Gasteiger partial charge is 0.341 e. The molecule has 1 aromatic carbocycles. The van der Waals surface area contributed by atoms with Crippen LogP contribution in [0.25, 0.3) is 10.9 Å². The van der Waals surface area contributed by atoms with E-state index in [-0.39, 0.29) is 5.82 Å². The minimum Gasteiger partial charge on any atom is -0.449 e. The molecule has 24 heavy (non-hydrogen) atoms. The number of rotatable bonds is 4. The van der Waals surface area contributed by atoms with Gasteiger partial charge in [-0.1, -0.05) is 23.4 Å². The molecule has 3 aromatic rings. The number of aryl methyl sites for hydroxylation is 1. The SMILES string of the molecule is Cc1cc(NC(=O)[C@H](C)OC(=O)c2cccc3cccnc23)no1. The van der Waals surface area contributed by atoms with Crippen LogP contribution in [0.3, 0.4) is 0 Å². The minimum atomic E-state index is -0.992. The highest BCUT2D eigenvalue weighted by atomic mass is 16.5. The molecule has 0 bridgehead atoms. The van der Waals surface area contributed by atoms with Crippen molar-refractivity contribution in [1.29, 1.82) is 0 Å². The van der Waals surface area contributed by atoms with Gasteiger partial charge in [-0.15, -0.1) is 0 Å². The molecular weight excluding hydrogens is 310 g/mol. The largest absolute Gasteiger partial charge is 0.449 e. The van der Waals surface area contributed by atoms with Gasteiger partial charge in [-0.2, -0.15) is 0 Å². The van der Waals surface area contributed by atoms with E-state index in [4.69, 9.17) is 9.26 Å². The Morgan fingerprint density at radius 3 is 2.79 bits per heavy atom. The summed E-state index contributed by atoms with van der Waals surface area (Å²) in [4.78, 5) is 28.6. The third-order valence-electron chi connectivity index (χ3n) is 3.38. The molecule has 0 spiro atoms. The number of carbonyl (C=O) groups is 2. The number of para-hydroxylation sites is 1. The summed E-state index contributed by atoms with van der Waals surface area (Å²) in [5.74, 6) is -0.271. The Labute approximate surface area is 137 Å². The molecule has 1 amide bonds. The molecule has 0 aliphatic heterocycles. The topological polar surface area (TPSA) is 94.3 Å². The van der Waals surface area contributed by atoms with Gasteiger partial charge in [0.15, 0.2) is 11.9 Å². The van der Waals surface area contributed by atoms with Crippen molar-refractivity contribution in [1.82, 2.24) is 10.1 Å². The van der Waals surface area contributed by atoms with Crippen LogP contribution in [0.5, 0.6) is 0 Å². The number of anilines is 1. The van der Waals surface area contributed by atoms with Crippen LogP contribution >= 0.6 is 0 Å². The normalized spacial score (nSPS) is 11.9. The molecule has 0 saturated carbocycles. The van der Waals surface area contributed by atoms with E-state index in [1.54, 1.807) is 37.4 Å². The number of hydrogen-bond acceptors (Lipinski definition) is 6. The molecule has 3 rings (SSSR count). The quantitative estimate of drug-likeness (QED) is 0.741. The van der Waals surface area contributed by atoms with Gasteiger partial charge < -0.3 is 14.6 Å². The average molecular weight is 325 g/mol. The van der Waals surface area contributed by atoms with Gasteiger partial charge in [0.05, 0.1) is 11.1 Å². The molecule has 0 aliphatic rings. The molecule has 1 atom stereocenters. The van der Waals surface area contributed by atoms with Gasteiger partial charge >= 0.3 is 5.97 Å². The summed E-state index contributed by atoms with van der Waals surface area (Å²) in [6.07, 6.45) is 0.607. The number of hydrogen-bond donors (Lipinski definition) is 1. The van der Waals surface area contributed by atoms with Crippen LogP contribution in [-0.2, 0) is 9.53 Å². The first-order valence-corrected chi connectivity index (χ1v) is 7.33. The Morgan fingerprint density at radius 1 is 1.25 bits per heavy atom. The number of carbonyl (C=O) groups excluding carboxylic acids is 2. The second-order valence-corrected chi connectivity index (χ2v) is 5.24. The predicted octanol–water partition coefficient (Wildman–Crippen LogP) is 2.72. The van der Waals surface area contributed by atoms with Crippen LogP contribution in [0.2, 0.25) is 0 Å². The number of nitrogens with zero attached hydrogens (tertiary/aromatic N) is 2. The summed E-state index contributed by atoms with van der Waals surface area (Å²) >= 11 is 0. The summed E-state index contributed by atoms with van der Waals surface area (Å²) in [6.45, 7) is 3.19. The first-order chi connectivity index (χ1) is 11.5. The highest BCUT2D eigenvalue weighted by molar-refractivity contribution is 6.04. The molecule has 7 heteroatoms. The zero-order chi connectivity index (χ0) is 17.1. The lowest BCUT2D eigenvalue weighted by molar-refractivity contribution is -0.123. The van der Waals surface area contributed by atoms with Crippen molar-refractivity contribution in [2.24, 2.45) is 0 Å². The van der Waals surface area contributed by atoms with E-state index in [0.29, 0.717) is 16.8 Å². The van der Waals surface area contributed by atoms with Crippen molar-refractivity contribution >= 4 is 28.6 Å². The fourth-order valence-electron chi connectivity index (χ4n) is 2.20. The van der Waals surface area contributed by atoms with E-state index in [1.165, 1.54) is 6.92 Å². The van der Waals surface area contributed by atoms with Crippen LogP contribution < -0.4 is 5.32 Å². The van der Waals surface area contributed by atoms with Gasteiger partial charge in [-0.25, -0.2) is 4.79 Å². The fourth-order valence-corrected chi connectivity index (χ4v) is 2.20. The Balaban J connectivity index is 1.72. The van der Waals surface area contributed by atoms with E-state index < -0.39 is 18.0 Å². The van der Waals surface area contributed by atoms with Crippen LogP contribution in [0.4, 0.5) is 5.82 Å². The van der Waals surface area contributed by atoms with Crippen LogP contribution in [0.15, 0.2) is 47.1 Å². The number of esters is 1. The van der Waals surface area contributed by atoms with Gasteiger partial charge in [0.2, 0.25) is 0 Å². The van der Waals surface area contributed by atoms with Gasteiger partial charge in [-0.05, 0) is 26.0 Å². The maximum Gasteiger partial charge on any atom is 0.341 e. The van der Waals surface area contributed by atoms with Crippen molar-refractivity contribution in [2.45, 2.75) is 20.0 Å². The molecule has 0 unspecified atom stereocenters. The molecule has 0 aliphatic carbocycles. The molecule has 0 fully saturated rings. The monoisotopic (exact) mass is 325 g/mol. The molecule has 122 valence electrons. The first-order valence-electron chi connectivity index (χ1n) is 7.33.